The number of benzene rings is 2. The summed E-state index contributed by atoms with van der Waals surface area (Å²) in [6, 6.07) is 15.6. The van der Waals surface area contributed by atoms with Crippen molar-refractivity contribution in [1.29, 1.82) is 0 Å². The lowest BCUT2D eigenvalue weighted by Crippen LogP contribution is -2.21. The van der Waals surface area contributed by atoms with Crippen LogP contribution in [0.2, 0.25) is 0 Å². The molecule has 2 aromatic carbocycles. The first-order valence-corrected chi connectivity index (χ1v) is 7.57. The highest BCUT2D eigenvalue weighted by atomic mass is 14.6. The molecule has 1 saturated carbocycles. The summed E-state index contributed by atoms with van der Waals surface area (Å²) in [6.45, 7) is 0.831. The van der Waals surface area contributed by atoms with Gasteiger partial charge in [-0.25, -0.2) is 0 Å². The van der Waals surface area contributed by atoms with E-state index in [9.17, 15) is 0 Å². The molecule has 2 unspecified atom stereocenters. The van der Waals surface area contributed by atoms with Crippen LogP contribution in [0.5, 0.6) is 0 Å². The largest absolute Gasteiger partial charge is 0.330 e. The maximum atomic E-state index is 6.01. The van der Waals surface area contributed by atoms with Gasteiger partial charge in [0.15, 0.2) is 0 Å². The fraction of sp³-hybridized carbons (Fsp3) is 0.444. The first-order valence-electron chi connectivity index (χ1n) is 7.57. The number of hydrogen-bond donors (Lipinski definition) is 1. The Hall–Kier alpha value is -1.34. The smallest absolute Gasteiger partial charge is 0.00430 e. The first-order chi connectivity index (χ1) is 9.38. The molecule has 0 heterocycles. The van der Waals surface area contributed by atoms with E-state index in [1.165, 1.54) is 48.4 Å². The zero-order chi connectivity index (χ0) is 13.1. The Bertz CT molecular complexity index is 546. The maximum Gasteiger partial charge on any atom is -0.00430 e. The van der Waals surface area contributed by atoms with E-state index in [1.54, 1.807) is 0 Å². The van der Waals surface area contributed by atoms with E-state index in [2.05, 4.69) is 42.5 Å². The molecule has 0 amide bonds. The number of rotatable bonds is 2. The molecular weight excluding hydrogens is 230 g/mol. The van der Waals surface area contributed by atoms with Gasteiger partial charge in [-0.2, -0.15) is 0 Å². The normalized spacial score (nSPS) is 24.3. The van der Waals surface area contributed by atoms with E-state index in [4.69, 9.17) is 5.73 Å². The van der Waals surface area contributed by atoms with Gasteiger partial charge in [0.05, 0.1) is 0 Å². The average molecular weight is 253 g/mol. The molecule has 0 saturated heterocycles. The van der Waals surface area contributed by atoms with E-state index in [-0.39, 0.29) is 0 Å². The van der Waals surface area contributed by atoms with Crippen LogP contribution in [-0.2, 0) is 0 Å². The molecule has 0 bridgehead atoms. The molecular formula is C18H23N. The number of hydrogen-bond acceptors (Lipinski definition) is 1. The van der Waals surface area contributed by atoms with Crippen LogP contribution in [-0.4, -0.2) is 6.54 Å². The van der Waals surface area contributed by atoms with Crippen LogP contribution in [0.25, 0.3) is 10.8 Å². The van der Waals surface area contributed by atoms with Crippen molar-refractivity contribution in [1.82, 2.24) is 0 Å². The molecule has 100 valence electrons. The molecule has 1 aliphatic carbocycles. The van der Waals surface area contributed by atoms with E-state index < -0.39 is 0 Å². The van der Waals surface area contributed by atoms with Crippen LogP contribution >= 0.6 is 0 Å². The molecule has 2 atom stereocenters. The second-order valence-corrected chi connectivity index (χ2v) is 5.85. The molecule has 3 rings (SSSR count). The summed E-state index contributed by atoms with van der Waals surface area (Å²) in [5.74, 6) is 1.33. The van der Waals surface area contributed by atoms with E-state index in [1.807, 2.05) is 0 Å². The quantitative estimate of drug-likeness (QED) is 0.785. The predicted octanol–water partition coefficient (Wildman–Crippen LogP) is 4.46. The van der Waals surface area contributed by atoms with Gasteiger partial charge in [0.2, 0.25) is 0 Å². The Labute approximate surface area is 115 Å². The minimum atomic E-state index is 0.664. The third kappa shape index (κ3) is 2.66. The molecule has 0 aromatic heterocycles. The van der Waals surface area contributed by atoms with Crippen LogP contribution < -0.4 is 5.73 Å². The first kappa shape index (κ1) is 12.7. The predicted molar refractivity (Wildman–Crippen MR) is 82.3 cm³/mol. The average Bonchev–Trinajstić information content (AvgIpc) is 2.72. The van der Waals surface area contributed by atoms with Gasteiger partial charge in [-0.3, -0.25) is 0 Å². The summed E-state index contributed by atoms with van der Waals surface area (Å²) in [5, 5.41) is 2.70. The minimum Gasteiger partial charge on any atom is -0.330 e. The summed E-state index contributed by atoms with van der Waals surface area (Å²) in [4.78, 5) is 0. The summed E-state index contributed by atoms with van der Waals surface area (Å²) >= 11 is 0. The Kier molecular flexibility index (Phi) is 3.84. The zero-order valence-corrected chi connectivity index (χ0v) is 11.5. The van der Waals surface area contributed by atoms with E-state index in [0.29, 0.717) is 11.8 Å². The SMILES string of the molecule is NCC1CCCCCC1c1ccc2ccccc2c1. The van der Waals surface area contributed by atoms with Crippen molar-refractivity contribution >= 4 is 10.8 Å². The van der Waals surface area contributed by atoms with Gasteiger partial charge in [0.25, 0.3) is 0 Å². The summed E-state index contributed by atoms with van der Waals surface area (Å²) in [7, 11) is 0. The van der Waals surface area contributed by atoms with Crippen LogP contribution in [0.1, 0.15) is 43.6 Å². The molecule has 1 fully saturated rings. The molecule has 1 aliphatic rings. The van der Waals surface area contributed by atoms with E-state index >= 15 is 0 Å². The van der Waals surface area contributed by atoms with Gasteiger partial charge in [-0.05, 0) is 47.6 Å². The minimum absolute atomic E-state index is 0.664. The monoisotopic (exact) mass is 253 g/mol. The van der Waals surface area contributed by atoms with Crippen molar-refractivity contribution in [3.63, 3.8) is 0 Å². The van der Waals surface area contributed by atoms with Crippen molar-refractivity contribution in [3.8, 4) is 0 Å². The molecule has 2 N–H and O–H groups in total. The Morgan fingerprint density at radius 1 is 0.895 bits per heavy atom. The lowest BCUT2D eigenvalue weighted by molar-refractivity contribution is 0.408. The third-order valence-electron chi connectivity index (χ3n) is 4.66. The highest BCUT2D eigenvalue weighted by Crippen LogP contribution is 2.37. The van der Waals surface area contributed by atoms with Crippen LogP contribution in [0.4, 0.5) is 0 Å². The van der Waals surface area contributed by atoms with Gasteiger partial charge in [-0.15, -0.1) is 0 Å². The van der Waals surface area contributed by atoms with E-state index in [0.717, 1.165) is 6.54 Å². The van der Waals surface area contributed by atoms with Gasteiger partial charge in [0.1, 0.15) is 0 Å². The van der Waals surface area contributed by atoms with Crippen molar-refractivity contribution in [3.05, 3.63) is 48.0 Å². The fourth-order valence-corrected chi connectivity index (χ4v) is 3.54. The molecule has 1 heteroatoms. The van der Waals surface area contributed by atoms with Crippen molar-refractivity contribution < 1.29 is 0 Å². The van der Waals surface area contributed by atoms with Crippen molar-refractivity contribution in [2.45, 2.75) is 38.0 Å². The molecule has 0 spiro atoms. The molecule has 1 nitrogen and oxygen atoms in total. The number of nitrogens with two attached hydrogens (primary N) is 1. The molecule has 0 aliphatic heterocycles. The lowest BCUT2D eigenvalue weighted by Gasteiger charge is -2.24. The highest BCUT2D eigenvalue weighted by molar-refractivity contribution is 5.83. The summed E-state index contributed by atoms with van der Waals surface area (Å²) in [5.41, 5.74) is 7.51. The highest BCUT2D eigenvalue weighted by Gasteiger charge is 2.24. The summed E-state index contributed by atoms with van der Waals surface area (Å²) < 4.78 is 0. The summed E-state index contributed by atoms with van der Waals surface area (Å²) in [6.07, 6.45) is 6.69. The van der Waals surface area contributed by atoms with Gasteiger partial charge in [0, 0.05) is 0 Å². The van der Waals surface area contributed by atoms with Crippen LogP contribution in [0, 0.1) is 5.92 Å². The molecule has 2 aromatic rings. The lowest BCUT2D eigenvalue weighted by atomic mass is 9.82. The van der Waals surface area contributed by atoms with Gasteiger partial charge < -0.3 is 5.73 Å². The van der Waals surface area contributed by atoms with Gasteiger partial charge >= 0.3 is 0 Å². The second-order valence-electron chi connectivity index (χ2n) is 5.85. The zero-order valence-electron chi connectivity index (χ0n) is 11.5. The van der Waals surface area contributed by atoms with Crippen molar-refractivity contribution in [2.24, 2.45) is 11.7 Å². The van der Waals surface area contributed by atoms with Crippen molar-refractivity contribution in [2.75, 3.05) is 6.54 Å². The standard InChI is InChI=1S/C18H23N/c19-13-17-8-2-1-3-9-18(17)16-11-10-14-6-4-5-7-15(14)12-16/h4-7,10-12,17-18H,1-3,8-9,13,19H2. The number of fused-ring (bicyclic) bond motifs is 1. The van der Waals surface area contributed by atoms with Gasteiger partial charge in [-0.1, -0.05) is 61.7 Å². The molecule has 19 heavy (non-hydrogen) atoms. The Morgan fingerprint density at radius 2 is 1.68 bits per heavy atom. The molecule has 0 radical (unpaired) electrons. The topological polar surface area (TPSA) is 26.0 Å². The van der Waals surface area contributed by atoms with Crippen LogP contribution in [0.15, 0.2) is 42.5 Å². The third-order valence-corrected chi connectivity index (χ3v) is 4.66. The fourth-order valence-electron chi connectivity index (χ4n) is 3.54. The Morgan fingerprint density at radius 3 is 2.53 bits per heavy atom. The second kappa shape index (κ2) is 5.75. The van der Waals surface area contributed by atoms with Crippen LogP contribution in [0.3, 0.4) is 0 Å². The Balaban J connectivity index is 1.96. The maximum absolute atomic E-state index is 6.01.